The molecule has 3 aliphatic rings. The highest BCUT2D eigenvalue weighted by molar-refractivity contribution is 5.79. The summed E-state index contributed by atoms with van der Waals surface area (Å²) in [7, 11) is 1.66. The summed E-state index contributed by atoms with van der Waals surface area (Å²) in [4.78, 5) is 38.4. The number of pyridine rings is 1. The van der Waals surface area contributed by atoms with Crippen LogP contribution in [0.4, 0.5) is 5.82 Å². The lowest BCUT2D eigenvalue weighted by atomic mass is 9.76. The Hall–Kier alpha value is -2.92. The maximum absolute atomic E-state index is 12.7. The molecule has 0 aliphatic carbocycles. The first-order valence-electron chi connectivity index (χ1n) is 10.9. The van der Waals surface area contributed by atoms with Crippen LogP contribution in [0.2, 0.25) is 0 Å². The van der Waals surface area contributed by atoms with E-state index in [4.69, 9.17) is 29.3 Å². The molecule has 11 nitrogen and oxygen atoms in total. The summed E-state index contributed by atoms with van der Waals surface area (Å²) in [6.45, 7) is 3.62. The van der Waals surface area contributed by atoms with Crippen molar-refractivity contribution >= 4 is 24.7 Å². The first-order chi connectivity index (χ1) is 15.9. The molecule has 4 heterocycles. The Morgan fingerprint density at radius 1 is 1.18 bits per heavy atom. The largest absolute Gasteiger partial charge is 0.493 e. The monoisotopic (exact) mass is 467 g/mol. The molecule has 0 amide bonds. The van der Waals surface area contributed by atoms with Crippen LogP contribution in [0.5, 0.6) is 5.75 Å². The van der Waals surface area contributed by atoms with E-state index in [1.165, 1.54) is 0 Å². The van der Waals surface area contributed by atoms with E-state index in [-0.39, 0.29) is 36.5 Å². The second-order valence-electron chi connectivity index (χ2n) is 8.27. The average Bonchev–Trinajstić information content (AvgIpc) is 3.11. The molecule has 11 heteroatoms. The van der Waals surface area contributed by atoms with Gasteiger partial charge in [0.05, 0.1) is 18.6 Å². The molecule has 1 spiro atoms. The number of aliphatic hydroxyl groups excluding tert-OH is 1. The van der Waals surface area contributed by atoms with Crippen molar-refractivity contribution in [2.75, 3.05) is 44.7 Å². The number of esters is 1. The van der Waals surface area contributed by atoms with E-state index in [1.54, 1.807) is 13.3 Å². The highest BCUT2D eigenvalue weighted by Crippen LogP contribution is 2.44. The van der Waals surface area contributed by atoms with Crippen molar-refractivity contribution in [3.05, 3.63) is 18.3 Å². The number of methoxy groups -OCH3 is 1. The maximum Gasteiger partial charge on any atom is 0.312 e. The number of rotatable bonds is 4. The SMILES string of the molecule is COc1cccnc1N1CCC2(CC1)CC(CN1CCC(O)CC1)OC2=O.O=CO.O=CO. The van der Waals surface area contributed by atoms with Crippen LogP contribution in [0.3, 0.4) is 0 Å². The highest BCUT2D eigenvalue weighted by atomic mass is 16.6. The smallest absolute Gasteiger partial charge is 0.312 e. The van der Waals surface area contributed by atoms with Gasteiger partial charge in [-0.05, 0) is 37.8 Å². The van der Waals surface area contributed by atoms with Crippen molar-refractivity contribution < 1.29 is 39.2 Å². The number of anilines is 1. The van der Waals surface area contributed by atoms with E-state index in [2.05, 4.69) is 14.8 Å². The second kappa shape index (κ2) is 12.9. The summed E-state index contributed by atoms with van der Waals surface area (Å²) < 4.78 is 11.2. The first-order valence-corrected chi connectivity index (χ1v) is 10.9. The minimum absolute atomic E-state index is 0.0244. The predicted octanol–water partition coefficient (Wildman–Crippen LogP) is 0.851. The molecular weight excluding hydrogens is 434 g/mol. The quantitative estimate of drug-likeness (QED) is 0.427. The number of aromatic nitrogens is 1. The molecule has 1 atom stereocenters. The van der Waals surface area contributed by atoms with Gasteiger partial charge >= 0.3 is 5.97 Å². The van der Waals surface area contributed by atoms with Gasteiger partial charge in [-0.15, -0.1) is 0 Å². The van der Waals surface area contributed by atoms with Crippen LogP contribution in [-0.4, -0.2) is 96.2 Å². The number of carboxylic acid groups (broad SMARTS) is 2. The zero-order chi connectivity index (χ0) is 24.3. The highest BCUT2D eigenvalue weighted by Gasteiger charge is 2.50. The zero-order valence-corrected chi connectivity index (χ0v) is 18.8. The molecule has 1 unspecified atom stereocenters. The molecule has 3 N–H and O–H groups in total. The average molecular weight is 468 g/mol. The Kier molecular flexibility index (Phi) is 10.3. The van der Waals surface area contributed by atoms with Crippen LogP contribution in [0, 0.1) is 5.41 Å². The van der Waals surface area contributed by atoms with Gasteiger partial charge in [-0.3, -0.25) is 19.3 Å². The third kappa shape index (κ3) is 7.03. The van der Waals surface area contributed by atoms with Gasteiger partial charge in [0.2, 0.25) is 0 Å². The van der Waals surface area contributed by atoms with Crippen molar-refractivity contribution in [1.29, 1.82) is 0 Å². The molecule has 0 bridgehead atoms. The third-order valence-electron chi connectivity index (χ3n) is 6.33. The third-order valence-corrected chi connectivity index (χ3v) is 6.33. The fourth-order valence-corrected chi connectivity index (χ4v) is 4.66. The molecule has 1 aromatic heterocycles. The van der Waals surface area contributed by atoms with Crippen LogP contribution in [0.25, 0.3) is 0 Å². The van der Waals surface area contributed by atoms with Crippen molar-refractivity contribution in [3.8, 4) is 5.75 Å². The molecule has 184 valence electrons. The van der Waals surface area contributed by atoms with Crippen LogP contribution in [0.1, 0.15) is 32.1 Å². The van der Waals surface area contributed by atoms with Crippen molar-refractivity contribution in [1.82, 2.24) is 9.88 Å². The van der Waals surface area contributed by atoms with Crippen molar-refractivity contribution in [3.63, 3.8) is 0 Å². The lowest BCUT2D eigenvalue weighted by molar-refractivity contribution is -0.150. The van der Waals surface area contributed by atoms with Gasteiger partial charge in [0, 0.05) is 45.3 Å². The summed E-state index contributed by atoms with van der Waals surface area (Å²) in [5.74, 6) is 1.59. The number of piperidine rings is 2. The normalized spacial score (nSPS) is 22.3. The van der Waals surface area contributed by atoms with Crippen LogP contribution < -0.4 is 9.64 Å². The number of aliphatic hydroxyl groups is 1. The van der Waals surface area contributed by atoms with Crippen LogP contribution in [0.15, 0.2) is 18.3 Å². The molecule has 3 aliphatic heterocycles. The number of cyclic esters (lactones) is 1. The molecule has 1 aromatic rings. The Morgan fingerprint density at radius 3 is 2.36 bits per heavy atom. The van der Waals surface area contributed by atoms with E-state index < -0.39 is 0 Å². The van der Waals surface area contributed by atoms with Crippen LogP contribution >= 0.6 is 0 Å². The maximum atomic E-state index is 12.7. The number of likely N-dealkylation sites (tertiary alicyclic amines) is 1. The minimum Gasteiger partial charge on any atom is -0.493 e. The van der Waals surface area contributed by atoms with Gasteiger partial charge in [-0.2, -0.15) is 0 Å². The minimum atomic E-state index is -0.349. The van der Waals surface area contributed by atoms with Crippen molar-refractivity contribution in [2.45, 2.75) is 44.3 Å². The summed E-state index contributed by atoms with van der Waals surface area (Å²) in [5, 5.41) is 23.4. The lowest BCUT2D eigenvalue weighted by Gasteiger charge is -2.37. The van der Waals surface area contributed by atoms with E-state index >= 15 is 0 Å². The Morgan fingerprint density at radius 2 is 1.79 bits per heavy atom. The second-order valence-corrected chi connectivity index (χ2v) is 8.27. The molecule has 0 aromatic carbocycles. The number of carbonyl (C=O) groups excluding carboxylic acids is 1. The Bertz CT molecular complexity index is 756. The number of ether oxygens (including phenoxy) is 2. The number of carbonyl (C=O) groups is 3. The number of nitrogens with zero attached hydrogens (tertiary/aromatic N) is 3. The van der Waals surface area contributed by atoms with Gasteiger partial charge in [-0.25, -0.2) is 4.98 Å². The van der Waals surface area contributed by atoms with Gasteiger partial charge < -0.3 is 29.7 Å². The fourth-order valence-electron chi connectivity index (χ4n) is 4.66. The summed E-state index contributed by atoms with van der Waals surface area (Å²) in [5.41, 5.74) is -0.349. The van der Waals surface area contributed by atoms with Gasteiger partial charge in [-0.1, -0.05) is 0 Å². The first kappa shape index (κ1) is 26.3. The molecule has 0 radical (unpaired) electrons. The van der Waals surface area contributed by atoms with E-state index in [0.717, 1.165) is 76.4 Å². The predicted molar refractivity (Wildman–Crippen MR) is 118 cm³/mol. The Balaban J connectivity index is 0.000000582. The molecule has 4 rings (SSSR count). The van der Waals surface area contributed by atoms with E-state index in [1.807, 2.05) is 12.1 Å². The number of hydrogen-bond donors (Lipinski definition) is 3. The Labute approximate surface area is 192 Å². The molecule has 0 saturated carbocycles. The van der Waals surface area contributed by atoms with E-state index in [0.29, 0.717) is 0 Å². The fraction of sp³-hybridized carbons (Fsp3) is 0.636. The van der Waals surface area contributed by atoms with E-state index in [9.17, 15) is 9.90 Å². The molecule has 3 fully saturated rings. The van der Waals surface area contributed by atoms with Gasteiger partial charge in [0.1, 0.15) is 6.10 Å². The van der Waals surface area contributed by atoms with Gasteiger partial charge in [0.15, 0.2) is 11.6 Å². The molecule has 3 saturated heterocycles. The lowest BCUT2D eigenvalue weighted by Crippen LogP contribution is -2.43. The standard InChI is InChI=1S/C20H29N3O4.2CH2O2/c1-26-17-3-2-8-21-18(17)23-11-6-20(7-12-23)13-16(27-19(20)25)14-22-9-4-15(24)5-10-22;2*2-1-3/h2-3,8,15-16,24H,4-7,9-14H2,1H3;2*1H,(H,2,3). The van der Waals surface area contributed by atoms with Crippen molar-refractivity contribution in [2.24, 2.45) is 5.41 Å². The summed E-state index contributed by atoms with van der Waals surface area (Å²) >= 11 is 0. The topological polar surface area (TPSA) is 150 Å². The van der Waals surface area contributed by atoms with Crippen LogP contribution in [-0.2, 0) is 19.1 Å². The summed E-state index contributed by atoms with van der Waals surface area (Å²) in [6.07, 6.45) is 5.59. The summed E-state index contributed by atoms with van der Waals surface area (Å²) in [6, 6.07) is 3.79. The molecular formula is C22H33N3O8. The zero-order valence-electron chi connectivity index (χ0n) is 18.8. The van der Waals surface area contributed by atoms with Gasteiger partial charge in [0.25, 0.3) is 12.9 Å². The number of hydrogen-bond acceptors (Lipinski definition) is 9. The molecule has 33 heavy (non-hydrogen) atoms.